The molecule has 0 aliphatic carbocycles. The second kappa shape index (κ2) is 7.81. The molecule has 0 atom stereocenters. The van der Waals surface area contributed by atoms with Crippen LogP contribution in [0.5, 0.6) is 5.88 Å². The Labute approximate surface area is 166 Å². The minimum Gasteiger partial charge on any atom is -0.550 e. The predicted octanol–water partition coefficient (Wildman–Crippen LogP) is 1.42. The average Bonchev–Trinajstić information content (AvgIpc) is 3.03. The van der Waals surface area contributed by atoms with Gasteiger partial charge in [0, 0.05) is 22.2 Å². The minimum atomic E-state index is -1.06. The number of fused-ring (bicyclic) bond motifs is 1. The van der Waals surface area contributed by atoms with E-state index in [9.17, 15) is 19.8 Å². The Morgan fingerprint density at radius 1 is 1.35 bits per heavy atom. The summed E-state index contributed by atoms with van der Waals surface area (Å²) in [4.78, 5) is 27.2. The lowest BCUT2D eigenvalue weighted by atomic mass is 10.1. The maximum atomic E-state index is 12.4. The summed E-state index contributed by atoms with van der Waals surface area (Å²) in [6, 6.07) is 5.35. The van der Waals surface area contributed by atoms with Crippen molar-refractivity contribution in [2.24, 2.45) is 4.99 Å². The molecule has 3 rings (SSSR count). The van der Waals surface area contributed by atoms with Crippen LogP contribution in [-0.4, -0.2) is 21.6 Å². The SMILES string of the molecule is O=C([O-])CCCCCn1c(O)c(C2=c3cc(Br)ccc3=NC2=O)sc1=S. The standard InChI is InChI=1S/C17H15BrN2O4S2/c18-9-5-6-11-10(8-9)13(15(23)19-11)14-16(24)20(17(25)26-14)7-3-1-2-4-12(21)22/h5-6,8,24H,1-4,7H2,(H,21,22)/p-1. The molecule has 0 fully saturated rings. The number of halogens is 1. The summed E-state index contributed by atoms with van der Waals surface area (Å²) in [5.74, 6) is -1.51. The first-order valence-corrected chi connectivity index (χ1v) is 9.96. The van der Waals surface area contributed by atoms with Crippen LogP contribution in [0.3, 0.4) is 0 Å². The van der Waals surface area contributed by atoms with Crippen LogP contribution >= 0.6 is 39.5 Å². The molecule has 1 N–H and O–H groups in total. The summed E-state index contributed by atoms with van der Waals surface area (Å²) >= 11 is 9.89. The van der Waals surface area contributed by atoms with Gasteiger partial charge in [0.2, 0.25) is 5.88 Å². The van der Waals surface area contributed by atoms with Crippen molar-refractivity contribution in [1.29, 1.82) is 0 Å². The summed E-state index contributed by atoms with van der Waals surface area (Å²) in [6.45, 7) is 0.457. The second-order valence-corrected chi connectivity index (χ2v) is 8.37. The molecule has 26 heavy (non-hydrogen) atoms. The number of benzene rings is 1. The second-order valence-electron chi connectivity index (χ2n) is 5.81. The predicted molar refractivity (Wildman–Crippen MR) is 101 cm³/mol. The van der Waals surface area contributed by atoms with Crippen molar-refractivity contribution < 1.29 is 19.8 Å². The third-order valence-corrected chi connectivity index (χ3v) is 5.97. The van der Waals surface area contributed by atoms with Crippen LogP contribution in [-0.2, 0) is 16.1 Å². The molecule has 1 aromatic carbocycles. The number of thiazole rings is 1. The number of rotatable bonds is 7. The Balaban J connectivity index is 1.90. The summed E-state index contributed by atoms with van der Waals surface area (Å²) in [7, 11) is 0. The zero-order valence-corrected chi connectivity index (χ0v) is 16.7. The third-order valence-electron chi connectivity index (χ3n) is 4.02. The van der Waals surface area contributed by atoms with Gasteiger partial charge in [0.15, 0.2) is 3.95 Å². The van der Waals surface area contributed by atoms with Crippen LogP contribution in [0.1, 0.15) is 30.6 Å². The van der Waals surface area contributed by atoms with Gasteiger partial charge in [-0.15, -0.1) is 11.3 Å². The molecule has 0 spiro atoms. The lowest BCUT2D eigenvalue weighted by molar-refractivity contribution is -0.305. The summed E-state index contributed by atoms with van der Waals surface area (Å²) in [6.07, 6.45) is 1.89. The van der Waals surface area contributed by atoms with Gasteiger partial charge in [-0.2, -0.15) is 0 Å². The van der Waals surface area contributed by atoms with Crippen molar-refractivity contribution in [2.75, 3.05) is 0 Å². The van der Waals surface area contributed by atoms with Crippen LogP contribution in [0.15, 0.2) is 27.7 Å². The van der Waals surface area contributed by atoms with E-state index in [1.165, 1.54) is 11.3 Å². The highest BCUT2D eigenvalue weighted by Crippen LogP contribution is 2.33. The molecule has 0 unspecified atom stereocenters. The number of carbonyl (C=O) groups is 2. The molecule has 2 heterocycles. The number of nitrogens with zero attached hydrogens (tertiary/aromatic N) is 2. The van der Waals surface area contributed by atoms with E-state index in [1.54, 1.807) is 22.8 Å². The fourth-order valence-corrected chi connectivity index (χ4v) is 4.53. The van der Waals surface area contributed by atoms with E-state index in [0.717, 1.165) is 4.47 Å². The number of aromatic nitrogens is 1. The number of amides is 1. The van der Waals surface area contributed by atoms with Gasteiger partial charge in [-0.25, -0.2) is 4.99 Å². The van der Waals surface area contributed by atoms with Crippen LogP contribution in [0.4, 0.5) is 0 Å². The van der Waals surface area contributed by atoms with Crippen molar-refractivity contribution in [2.45, 2.75) is 32.2 Å². The van der Waals surface area contributed by atoms with Crippen LogP contribution in [0.25, 0.3) is 5.57 Å². The van der Waals surface area contributed by atoms with Gasteiger partial charge >= 0.3 is 0 Å². The van der Waals surface area contributed by atoms with Crippen molar-refractivity contribution >= 4 is 56.9 Å². The number of aliphatic carboxylic acids is 1. The quantitative estimate of drug-likeness (QED) is 0.505. The molecule has 6 nitrogen and oxygen atoms in total. The maximum absolute atomic E-state index is 12.4. The highest BCUT2D eigenvalue weighted by molar-refractivity contribution is 9.10. The molecule has 0 bridgehead atoms. The zero-order chi connectivity index (χ0) is 18.8. The minimum absolute atomic E-state index is 0.0197. The normalized spacial score (nSPS) is 13.0. The van der Waals surface area contributed by atoms with Gasteiger partial charge in [-0.05, 0) is 49.7 Å². The molecular formula is C17H14BrN2O4S2-. The van der Waals surface area contributed by atoms with Crippen molar-refractivity contribution in [3.8, 4) is 5.88 Å². The molecule has 1 aromatic heterocycles. The van der Waals surface area contributed by atoms with Crippen LogP contribution in [0.2, 0.25) is 0 Å². The van der Waals surface area contributed by atoms with Gasteiger partial charge in [0.1, 0.15) is 4.88 Å². The number of carboxylic acids is 1. The maximum Gasteiger partial charge on any atom is 0.279 e. The first-order valence-electron chi connectivity index (χ1n) is 7.94. The number of unbranched alkanes of at least 4 members (excludes halogenated alkanes) is 2. The Morgan fingerprint density at radius 3 is 2.85 bits per heavy atom. The van der Waals surface area contributed by atoms with Crippen LogP contribution < -0.4 is 15.7 Å². The molecule has 9 heteroatoms. The van der Waals surface area contributed by atoms with Gasteiger partial charge in [-0.3, -0.25) is 9.36 Å². The molecule has 0 saturated carbocycles. The average molecular weight is 454 g/mol. The number of hydrogen-bond donors (Lipinski definition) is 1. The topological polar surface area (TPSA) is 94.7 Å². The van der Waals surface area contributed by atoms with E-state index in [0.29, 0.717) is 50.8 Å². The van der Waals surface area contributed by atoms with E-state index in [1.807, 2.05) is 0 Å². The Morgan fingerprint density at radius 2 is 2.12 bits per heavy atom. The van der Waals surface area contributed by atoms with Crippen molar-refractivity contribution in [3.63, 3.8) is 0 Å². The first kappa shape index (κ1) is 18.9. The lowest BCUT2D eigenvalue weighted by Gasteiger charge is -2.06. The lowest BCUT2D eigenvalue weighted by Crippen LogP contribution is -2.22. The largest absolute Gasteiger partial charge is 0.550 e. The summed E-state index contributed by atoms with van der Waals surface area (Å²) < 4.78 is 2.85. The number of aromatic hydroxyl groups is 1. The fourth-order valence-electron chi connectivity index (χ4n) is 2.78. The third kappa shape index (κ3) is 3.79. The fraction of sp³-hybridized carbons (Fsp3) is 0.294. The summed E-state index contributed by atoms with van der Waals surface area (Å²) in [5.41, 5.74) is 0.352. The molecule has 1 aliphatic heterocycles. The Hall–Kier alpha value is -1.84. The Kier molecular flexibility index (Phi) is 5.69. The van der Waals surface area contributed by atoms with Crippen LogP contribution in [0, 0.1) is 3.95 Å². The van der Waals surface area contributed by atoms with Gasteiger partial charge in [-0.1, -0.05) is 22.4 Å². The monoisotopic (exact) mass is 453 g/mol. The van der Waals surface area contributed by atoms with Gasteiger partial charge < -0.3 is 15.0 Å². The van der Waals surface area contributed by atoms with Crippen molar-refractivity contribution in [1.82, 2.24) is 4.57 Å². The van der Waals surface area contributed by atoms with Gasteiger partial charge in [0.25, 0.3) is 5.91 Å². The van der Waals surface area contributed by atoms with E-state index in [-0.39, 0.29) is 12.3 Å². The number of hydrogen-bond acceptors (Lipinski definition) is 6. The molecule has 136 valence electrons. The molecule has 0 saturated heterocycles. The van der Waals surface area contributed by atoms with E-state index in [4.69, 9.17) is 12.2 Å². The molecule has 1 aliphatic rings. The smallest absolute Gasteiger partial charge is 0.279 e. The molecule has 1 amide bonds. The zero-order valence-electron chi connectivity index (χ0n) is 13.5. The van der Waals surface area contributed by atoms with E-state index >= 15 is 0 Å². The molecule has 2 aromatic rings. The summed E-state index contributed by atoms with van der Waals surface area (Å²) in [5, 5.41) is 22.3. The number of carbonyl (C=O) groups excluding carboxylic acids is 2. The first-order chi connectivity index (χ1) is 12.4. The van der Waals surface area contributed by atoms with E-state index < -0.39 is 11.9 Å². The highest BCUT2D eigenvalue weighted by Gasteiger charge is 2.25. The Bertz CT molecular complexity index is 1070. The molecule has 0 radical (unpaired) electrons. The van der Waals surface area contributed by atoms with Crippen molar-refractivity contribution in [3.05, 3.63) is 42.1 Å². The molecular weight excluding hydrogens is 440 g/mol. The number of carboxylic acid groups (broad SMARTS) is 1. The van der Waals surface area contributed by atoms with E-state index in [2.05, 4.69) is 20.9 Å². The van der Waals surface area contributed by atoms with Gasteiger partial charge in [0.05, 0.1) is 10.9 Å². The highest BCUT2D eigenvalue weighted by atomic mass is 79.9.